The molecule has 0 bridgehead atoms. The number of nitrogens with zero attached hydrogens (tertiary/aromatic N) is 2. The Morgan fingerprint density at radius 3 is 2.50 bits per heavy atom. The highest BCUT2D eigenvalue weighted by Crippen LogP contribution is 2.26. The van der Waals surface area contributed by atoms with Crippen molar-refractivity contribution >= 4 is 0 Å². The zero-order valence-corrected chi connectivity index (χ0v) is 6.94. The van der Waals surface area contributed by atoms with Gasteiger partial charge in [-0.25, -0.2) is 0 Å². The molecular weight excluding hydrogens is 148 g/mol. The van der Waals surface area contributed by atoms with Crippen LogP contribution in [-0.4, -0.2) is 0 Å². The van der Waals surface area contributed by atoms with Crippen molar-refractivity contribution in [1.29, 1.82) is 0 Å². The highest BCUT2D eigenvalue weighted by Gasteiger charge is 2.10. The Morgan fingerprint density at radius 2 is 1.92 bits per heavy atom. The second-order valence-electron chi connectivity index (χ2n) is 2.88. The van der Waals surface area contributed by atoms with Gasteiger partial charge in [0.15, 0.2) is 0 Å². The van der Waals surface area contributed by atoms with Gasteiger partial charge in [-0.15, -0.1) is 0 Å². The number of allylic oxidation sites excluding steroid dienone is 1. The number of hydrogen-bond donors (Lipinski definition) is 0. The first-order valence-electron chi connectivity index (χ1n) is 4.00. The first-order chi connectivity index (χ1) is 5.86. The highest BCUT2D eigenvalue weighted by atomic mass is 15.1. The van der Waals surface area contributed by atoms with Crippen LogP contribution in [0.4, 0.5) is 0 Å². The molecule has 1 aromatic rings. The third-order valence-corrected chi connectivity index (χ3v) is 1.88. The number of benzene rings is 1. The second-order valence-corrected chi connectivity index (χ2v) is 2.88. The predicted molar refractivity (Wildman–Crippen MR) is 47.8 cm³/mol. The largest absolute Gasteiger partial charge is 0.176 e. The van der Waals surface area contributed by atoms with E-state index in [4.69, 9.17) is 0 Å². The molecule has 1 aliphatic heterocycles. The Labute approximate surface area is 71.6 Å². The fourth-order valence-electron chi connectivity index (χ4n) is 1.26. The molecule has 1 aromatic carbocycles. The van der Waals surface area contributed by atoms with Crippen LogP contribution in [0.3, 0.4) is 0 Å². The molecular formula is C10H10N2. The highest BCUT2D eigenvalue weighted by molar-refractivity contribution is 5.25. The van der Waals surface area contributed by atoms with E-state index in [1.165, 1.54) is 5.56 Å². The first kappa shape index (κ1) is 7.22. The van der Waals surface area contributed by atoms with E-state index in [-0.39, 0.29) is 6.04 Å². The van der Waals surface area contributed by atoms with Gasteiger partial charge in [-0.2, -0.15) is 10.2 Å². The molecule has 2 rings (SSSR count). The third-order valence-electron chi connectivity index (χ3n) is 1.88. The molecule has 12 heavy (non-hydrogen) atoms. The van der Waals surface area contributed by atoms with E-state index in [1.807, 2.05) is 25.1 Å². The lowest BCUT2D eigenvalue weighted by molar-refractivity contribution is 0.879. The van der Waals surface area contributed by atoms with Gasteiger partial charge in [0.2, 0.25) is 0 Å². The Balaban J connectivity index is 2.29. The molecule has 0 saturated heterocycles. The average molecular weight is 158 g/mol. The molecule has 0 saturated carbocycles. The van der Waals surface area contributed by atoms with Crippen LogP contribution in [0.5, 0.6) is 0 Å². The second kappa shape index (κ2) is 2.89. The standard InChI is InChI=1S/C10H10N2/c1-8-7-10(12-11-8)9-5-3-2-4-6-9/h2-7,10H,1H3. The van der Waals surface area contributed by atoms with Crippen LogP contribution < -0.4 is 0 Å². The van der Waals surface area contributed by atoms with Crippen LogP contribution in [0.15, 0.2) is 52.3 Å². The monoisotopic (exact) mass is 158 g/mol. The fourth-order valence-corrected chi connectivity index (χ4v) is 1.26. The molecule has 1 aliphatic rings. The maximum absolute atomic E-state index is 4.12. The topological polar surface area (TPSA) is 24.7 Å². The lowest BCUT2D eigenvalue weighted by atomic mass is 10.1. The summed E-state index contributed by atoms with van der Waals surface area (Å²) in [5, 5.41) is 8.10. The zero-order chi connectivity index (χ0) is 8.39. The SMILES string of the molecule is CC1=CC(c2ccccc2)N=N1. The van der Waals surface area contributed by atoms with Crippen molar-refractivity contribution in [2.75, 3.05) is 0 Å². The van der Waals surface area contributed by atoms with Gasteiger partial charge >= 0.3 is 0 Å². The summed E-state index contributed by atoms with van der Waals surface area (Å²) < 4.78 is 0. The van der Waals surface area contributed by atoms with E-state index in [9.17, 15) is 0 Å². The van der Waals surface area contributed by atoms with Crippen LogP contribution in [-0.2, 0) is 0 Å². The van der Waals surface area contributed by atoms with E-state index in [0.717, 1.165) is 5.70 Å². The minimum absolute atomic E-state index is 0.145. The summed E-state index contributed by atoms with van der Waals surface area (Å²) in [4.78, 5) is 0. The van der Waals surface area contributed by atoms with Gasteiger partial charge < -0.3 is 0 Å². The van der Waals surface area contributed by atoms with Gasteiger partial charge in [-0.05, 0) is 18.6 Å². The molecule has 0 aliphatic carbocycles. The van der Waals surface area contributed by atoms with Gasteiger partial charge in [0.05, 0.1) is 5.70 Å². The van der Waals surface area contributed by atoms with Crippen LogP contribution in [0.25, 0.3) is 0 Å². The van der Waals surface area contributed by atoms with Crippen molar-refractivity contribution in [3.63, 3.8) is 0 Å². The number of hydrogen-bond acceptors (Lipinski definition) is 2. The van der Waals surface area contributed by atoms with Crippen molar-refractivity contribution < 1.29 is 0 Å². The summed E-state index contributed by atoms with van der Waals surface area (Å²) in [5.74, 6) is 0. The van der Waals surface area contributed by atoms with Gasteiger partial charge in [0.25, 0.3) is 0 Å². The fraction of sp³-hybridized carbons (Fsp3) is 0.200. The maximum atomic E-state index is 4.12. The van der Waals surface area contributed by atoms with E-state index < -0.39 is 0 Å². The molecule has 1 unspecified atom stereocenters. The molecule has 0 aromatic heterocycles. The summed E-state index contributed by atoms with van der Waals surface area (Å²) in [7, 11) is 0. The van der Waals surface area contributed by atoms with E-state index in [2.05, 4.69) is 28.4 Å². The molecule has 1 atom stereocenters. The van der Waals surface area contributed by atoms with Crippen molar-refractivity contribution in [2.45, 2.75) is 13.0 Å². The molecule has 0 radical (unpaired) electrons. The molecule has 60 valence electrons. The van der Waals surface area contributed by atoms with Gasteiger partial charge in [-0.3, -0.25) is 0 Å². The summed E-state index contributed by atoms with van der Waals surface area (Å²) in [6.45, 7) is 1.96. The minimum Gasteiger partial charge on any atom is -0.176 e. The zero-order valence-electron chi connectivity index (χ0n) is 6.94. The summed E-state index contributed by atoms with van der Waals surface area (Å²) in [6.07, 6.45) is 2.06. The summed E-state index contributed by atoms with van der Waals surface area (Å²) >= 11 is 0. The Kier molecular flexibility index (Phi) is 1.74. The minimum atomic E-state index is 0.145. The van der Waals surface area contributed by atoms with Crippen LogP contribution in [0, 0.1) is 0 Å². The van der Waals surface area contributed by atoms with Crippen molar-refractivity contribution in [2.24, 2.45) is 10.2 Å². The van der Waals surface area contributed by atoms with Crippen LogP contribution in [0.1, 0.15) is 18.5 Å². The first-order valence-corrected chi connectivity index (χ1v) is 4.00. The van der Waals surface area contributed by atoms with Crippen molar-refractivity contribution in [3.05, 3.63) is 47.7 Å². The van der Waals surface area contributed by atoms with Gasteiger partial charge in [0.1, 0.15) is 6.04 Å². The van der Waals surface area contributed by atoms with E-state index in [1.54, 1.807) is 0 Å². The lowest BCUT2D eigenvalue weighted by Gasteiger charge is -2.00. The van der Waals surface area contributed by atoms with Gasteiger partial charge in [-0.1, -0.05) is 30.3 Å². The Hall–Kier alpha value is -1.44. The van der Waals surface area contributed by atoms with Crippen LogP contribution in [0.2, 0.25) is 0 Å². The average Bonchev–Trinajstić information content (AvgIpc) is 2.54. The molecule has 0 spiro atoms. The predicted octanol–water partition coefficient (Wildman–Crippen LogP) is 3.10. The Bertz CT molecular complexity index is 325. The molecule has 0 fully saturated rings. The molecule has 2 nitrogen and oxygen atoms in total. The quantitative estimate of drug-likeness (QED) is 0.600. The lowest BCUT2D eigenvalue weighted by Crippen LogP contribution is -1.86. The normalized spacial score (nSPS) is 21.1. The summed E-state index contributed by atoms with van der Waals surface area (Å²) in [6, 6.07) is 10.3. The van der Waals surface area contributed by atoms with E-state index in [0.29, 0.717) is 0 Å². The maximum Gasteiger partial charge on any atom is 0.116 e. The third kappa shape index (κ3) is 1.28. The molecule has 2 heteroatoms. The van der Waals surface area contributed by atoms with Crippen molar-refractivity contribution in [3.8, 4) is 0 Å². The smallest absolute Gasteiger partial charge is 0.116 e. The molecule has 0 N–H and O–H groups in total. The summed E-state index contributed by atoms with van der Waals surface area (Å²) in [5.41, 5.74) is 2.21. The van der Waals surface area contributed by atoms with Crippen LogP contribution >= 0.6 is 0 Å². The van der Waals surface area contributed by atoms with Gasteiger partial charge in [0, 0.05) is 0 Å². The number of rotatable bonds is 1. The number of azo groups is 1. The Morgan fingerprint density at radius 1 is 1.17 bits per heavy atom. The van der Waals surface area contributed by atoms with Crippen molar-refractivity contribution in [1.82, 2.24) is 0 Å². The van der Waals surface area contributed by atoms with E-state index >= 15 is 0 Å². The molecule has 1 heterocycles. The molecule has 0 amide bonds.